The Morgan fingerprint density at radius 2 is 1.45 bits per heavy atom. The van der Waals surface area contributed by atoms with Crippen LogP contribution in [0.15, 0.2) is 83.8 Å². The summed E-state index contributed by atoms with van der Waals surface area (Å²) in [7, 11) is 0. The van der Waals surface area contributed by atoms with Gasteiger partial charge in [0.05, 0.1) is 35.4 Å². The second kappa shape index (κ2) is 20.7. The number of hydrogen-bond donors (Lipinski definition) is 3. The molecule has 0 unspecified atom stereocenters. The van der Waals surface area contributed by atoms with Gasteiger partial charge in [-0.1, -0.05) is 55.5 Å². The number of nitrogens with zero attached hydrogens (tertiary/aromatic N) is 7. The number of carbonyl (C=O) groups excluding carboxylic acids is 4. The smallest absolute Gasteiger partial charge is 0.274 e. The molecule has 4 aliphatic rings. The molecule has 350 valence electrons. The van der Waals surface area contributed by atoms with Crippen molar-refractivity contribution in [2.24, 2.45) is 5.92 Å². The maximum Gasteiger partial charge on any atom is 0.274 e. The molecule has 1 saturated carbocycles. The van der Waals surface area contributed by atoms with Crippen molar-refractivity contribution >= 4 is 40.1 Å². The number of likely N-dealkylation sites (tertiary alicyclic amines) is 1. The van der Waals surface area contributed by atoms with Crippen LogP contribution >= 0.6 is 0 Å². The molecule has 4 amide bonds. The minimum absolute atomic E-state index is 0.0246. The van der Waals surface area contributed by atoms with Gasteiger partial charge in [0.25, 0.3) is 17.4 Å². The van der Waals surface area contributed by atoms with Crippen LogP contribution in [0.25, 0.3) is 21.9 Å². The number of carbonyl (C=O) groups is 4. The van der Waals surface area contributed by atoms with Crippen LogP contribution in [0.2, 0.25) is 0 Å². The number of piperidine rings is 1. The topological polar surface area (TPSA) is 167 Å². The van der Waals surface area contributed by atoms with Crippen LogP contribution in [-0.2, 0) is 22.4 Å². The lowest BCUT2D eigenvalue weighted by molar-refractivity contribution is -0.134. The van der Waals surface area contributed by atoms with Crippen LogP contribution in [0.5, 0.6) is 0 Å². The molecule has 3 saturated heterocycles. The summed E-state index contributed by atoms with van der Waals surface area (Å²) in [6.45, 7) is 9.40. The predicted octanol–water partition coefficient (Wildman–Crippen LogP) is 4.42. The number of hydrogen-bond acceptors (Lipinski definition) is 10. The van der Waals surface area contributed by atoms with Crippen molar-refractivity contribution in [1.82, 2.24) is 45.0 Å². The van der Waals surface area contributed by atoms with Gasteiger partial charge in [0.2, 0.25) is 11.8 Å². The first-order chi connectivity index (χ1) is 32.6. The highest BCUT2D eigenvalue weighted by Crippen LogP contribution is 2.28. The van der Waals surface area contributed by atoms with Crippen molar-refractivity contribution < 1.29 is 23.6 Å². The van der Waals surface area contributed by atoms with Gasteiger partial charge >= 0.3 is 0 Å². The highest BCUT2D eigenvalue weighted by molar-refractivity contribution is 6.03. The van der Waals surface area contributed by atoms with Crippen molar-refractivity contribution in [3.8, 4) is 11.1 Å². The molecule has 16 heteroatoms. The SMILES string of the molecule is CCc1cccc(-c2cnc(C(=O)N3CCC(CN4CCN(CC(=O)N5CCN(C(=O)c6cc(Cc7n[nH]c(=O)c8ccccc78)ccc6F)CC5)CC4)CC3)c(NC(=O)CNC3CC3)c2)c1. The van der Waals surface area contributed by atoms with Crippen LogP contribution in [0.4, 0.5) is 10.1 Å². The molecule has 15 nitrogen and oxygen atoms in total. The molecule has 0 atom stereocenters. The van der Waals surface area contributed by atoms with E-state index < -0.39 is 11.7 Å². The quantitative estimate of drug-likeness (QED) is 0.145. The summed E-state index contributed by atoms with van der Waals surface area (Å²) >= 11 is 0. The fourth-order valence-corrected chi connectivity index (χ4v) is 9.51. The number of pyridine rings is 1. The first-order valence-electron chi connectivity index (χ1n) is 23.8. The molecule has 0 radical (unpaired) electrons. The van der Waals surface area contributed by atoms with Gasteiger partial charge in [-0.3, -0.25) is 28.9 Å². The van der Waals surface area contributed by atoms with Gasteiger partial charge in [-0.05, 0) is 79.0 Å². The molecular weight excluding hydrogens is 852 g/mol. The Kier molecular flexibility index (Phi) is 14.1. The Balaban J connectivity index is 0.718. The van der Waals surface area contributed by atoms with E-state index in [4.69, 9.17) is 0 Å². The van der Waals surface area contributed by atoms with E-state index in [9.17, 15) is 24.0 Å². The number of fused-ring (bicyclic) bond motifs is 1. The van der Waals surface area contributed by atoms with Gasteiger partial charge in [-0.25, -0.2) is 14.5 Å². The number of benzene rings is 3. The predicted molar refractivity (Wildman–Crippen MR) is 254 cm³/mol. The highest BCUT2D eigenvalue weighted by atomic mass is 19.1. The number of aromatic nitrogens is 3. The summed E-state index contributed by atoms with van der Waals surface area (Å²) < 4.78 is 15.1. The first-order valence-corrected chi connectivity index (χ1v) is 23.8. The molecule has 3 aliphatic heterocycles. The number of H-pyrrole nitrogens is 1. The average molecular weight is 911 g/mol. The fraction of sp³-hybridized carbons (Fsp3) is 0.431. The van der Waals surface area contributed by atoms with E-state index in [1.807, 2.05) is 35.2 Å². The molecule has 4 fully saturated rings. The molecule has 3 aromatic carbocycles. The summed E-state index contributed by atoms with van der Waals surface area (Å²) in [6, 6.07) is 22.1. The van der Waals surface area contributed by atoms with Gasteiger partial charge in [0.15, 0.2) is 5.69 Å². The Morgan fingerprint density at radius 3 is 2.19 bits per heavy atom. The van der Waals surface area contributed by atoms with Crippen molar-refractivity contribution in [2.75, 3.05) is 90.4 Å². The standard InChI is InChI=1S/C51H59FN10O5/c1-2-34-6-5-7-37(26-34)38-29-45(55-46(63)31-53-39-11-12-39)48(54-30-38)51(67)61-16-14-35(15-17-61)32-58-18-20-59(21-19-58)33-47(64)60-22-24-62(25-23-60)50(66)42-27-36(10-13-43(42)52)28-44-40-8-3-4-9-41(40)49(65)57-56-44/h3-10,13,26-27,29-30,35,39,53H,2,11-12,14-25,28,31-33H2,1H3,(H,55,63)(H,57,65). The molecule has 5 aromatic rings. The lowest BCUT2D eigenvalue weighted by Crippen LogP contribution is -2.55. The molecule has 9 rings (SSSR count). The molecule has 3 N–H and O–H groups in total. The van der Waals surface area contributed by atoms with Crippen molar-refractivity contribution in [3.05, 3.63) is 123 Å². The van der Waals surface area contributed by atoms with Gasteiger partial charge in [0, 0.05) is 102 Å². The molecule has 0 spiro atoms. The Labute approximate surface area is 389 Å². The highest BCUT2D eigenvalue weighted by Gasteiger charge is 2.31. The summed E-state index contributed by atoms with van der Waals surface area (Å²) in [5.74, 6) is -0.918. The number of anilines is 1. The second-order valence-electron chi connectivity index (χ2n) is 18.4. The summed E-state index contributed by atoms with van der Waals surface area (Å²) in [4.78, 5) is 80.8. The molecule has 2 aromatic heterocycles. The van der Waals surface area contributed by atoms with Crippen molar-refractivity contribution in [1.29, 1.82) is 0 Å². The van der Waals surface area contributed by atoms with Gasteiger partial charge < -0.3 is 30.2 Å². The molecule has 67 heavy (non-hydrogen) atoms. The van der Waals surface area contributed by atoms with Crippen LogP contribution in [-0.4, -0.2) is 154 Å². The number of nitrogens with one attached hydrogen (secondary N) is 3. The third kappa shape index (κ3) is 11.1. The number of aryl methyl sites for hydroxylation is 1. The minimum atomic E-state index is -0.607. The molecule has 5 heterocycles. The van der Waals surface area contributed by atoms with E-state index in [1.54, 1.807) is 40.3 Å². The number of piperazine rings is 2. The lowest BCUT2D eigenvalue weighted by Gasteiger charge is -2.40. The van der Waals surface area contributed by atoms with Crippen LogP contribution < -0.4 is 16.2 Å². The zero-order chi connectivity index (χ0) is 46.4. The summed E-state index contributed by atoms with van der Waals surface area (Å²) in [5, 5.41) is 14.2. The number of halogens is 1. The maximum atomic E-state index is 15.1. The molecule has 0 bridgehead atoms. The van der Waals surface area contributed by atoms with Crippen molar-refractivity contribution in [2.45, 2.75) is 51.5 Å². The van der Waals surface area contributed by atoms with E-state index >= 15 is 4.39 Å². The maximum absolute atomic E-state index is 15.1. The lowest BCUT2D eigenvalue weighted by atomic mass is 9.95. The Morgan fingerprint density at radius 1 is 0.731 bits per heavy atom. The van der Waals surface area contributed by atoms with E-state index in [-0.39, 0.29) is 41.1 Å². The van der Waals surface area contributed by atoms with E-state index in [0.717, 1.165) is 76.0 Å². The average Bonchev–Trinajstić information content (AvgIpc) is 4.20. The number of aromatic amines is 1. The van der Waals surface area contributed by atoms with Gasteiger partial charge in [0.1, 0.15) is 5.82 Å². The monoisotopic (exact) mass is 910 g/mol. The summed E-state index contributed by atoms with van der Waals surface area (Å²) in [6.07, 6.45) is 6.83. The third-order valence-corrected chi connectivity index (χ3v) is 13.7. The summed E-state index contributed by atoms with van der Waals surface area (Å²) in [5.41, 5.74) is 4.74. The van der Waals surface area contributed by atoms with Gasteiger partial charge in [-0.2, -0.15) is 5.10 Å². The largest absolute Gasteiger partial charge is 0.338 e. The number of amides is 4. The third-order valence-electron chi connectivity index (χ3n) is 13.7. The fourth-order valence-electron chi connectivity index (χ4n) is 9.51. The minimum Gasteiger partial charge on any atom is -0.338 e. The second-order valence-corrected chi connectivity index (χ2v) is 18.4. The van der Waals surface area contributed by atoms with Crippen LogP contribution in [0.3, 0.4) is 0 Å². The zero-order valence-electron chi connectivity index (χ0n) is 38.1. The number of rotatable bonds is 14. The van der Waals surface area contributed by atoms with E-state index in [0.29, 0.717) is 91.9 Å². The van der Waals surface area contributed by atoms with E-state index in [2.05, 4.69) is 54.7 Å². The first kappa shape index (κ1) is 45.8. The van der Waals surface area contributed by atoms with Crippen LogP contribution in [0.1, 0.15) is 70.3 Å². The Bertz CT molecular complexity index is 2680. The van der Waals surface area contributed by atoms with Crippen molar-refractivity contribution in [3.63, 3.8) is 0 Å². The molecular formula is C51H59FN10O5. The van der Waals surface area contributed by atoms with Crippen LogP contribution in [0, 0.1) is 11.7 Å². The normalized spacial score (nSPS) is 17.5. The Hall–Kier alpha value is -6.36. The van der Waals surface area contributed by atoms with E-state index in [1.165, 1.54) is 11.6 Å². The molecule has 1 aliphatic carbocycles. The van der Waals surface area contributed by atoms with Gasteiger partial charge in [-0.15, -0.1) is 0 Å². The zero-order valence-corrected chi connectivity index (χ0v) is 38.1.